The number of phosphoric acid groups is 11. The van der Waals surface area contributed by atoms with E-state index < -0.39 is 229 Å². The molecular weight excluding hydrogens is 1680 g/mol. The van der Waals surface area contributed by atoms with Gasteiger partial charge in [0, 0.05) is 0 Å². The molecule has 55 nitrogen and oxygen atoms in total. The van der Waals surface area contributed by atoms with Crippen LogP contribution in [0.2, 0.25) is 0 Å². The molecule has 0 aromatic heterocycles. The second kappa shape index (κ2) is 61.2. The lowest BCUT2D eigenvalue weighted by atomic mass is 10.4. The molecular formula is C39H94N5O50P11-10. The fraction of sp³-hybridized carbons (Fsp3) is 1.00. The number of phosphoric ester groups is 11. The molecule has 15 unspecified atom stereocenters. The number of aliphatic hydroxyl groups is 1. The zero-order chi connectivity index (χ0) is 79.6. The SMILES string of the molecule is C.C.CCOP(=O)([O-])O.CCOP(=O)([O-])O.CNCOCC(COP(=O)([O-])OCCOP(=O)([O-])OC(COCNC)COP(=O)([O-])OCCOP(=O)([O-])OC(COCNC)COP(=O)([O-])OCCOP(=O)([O-])OC(COCNC)COP(=O)([O-])OCCOP(=O)([O-])OC(CO)COCNC)OP(=O)(O)O. The Labute approximate surface area is 604 Å². The third kappa shape index (κ3) is 75.9. The summed E-state index contributed by atoms with van der Waals surface area (Å²) in [7, 11) is -50.1. The quantitative estimate of drug-likeness (QED) is 0.0154. The Balaban J connectivity index is -0.00000187. The normalized spacial score (nSPS) is 19.2. The van der Waals surface area contributed by atoms with Crippen molar-refractivity contribution in [2.45, 2.75) is 59.2 Å². The van der Waals surface area contributed by atoms with E-state index >= 15 is 0 Å². The van der Waals surface area contributed by atoms with Crippen molar-refractivity contribution in [2.24, 2.45) is 0 Å². The van der Waals surface area contributed by atoms with Crippen LogP contribution in [0.5, 0.6) is 0 Å². The molecule has 640 valence electrons. The molecule has 66 heteroatoms. The lowest BCUT2D eigenvalue weighted by Crippen LogP contribution is -2.30. The van der Waals surface area contributed by atoms with Crippen molar-refractivity contribution < 1.29 is 233 Å². The first kappa shape index (κ1) is 114. The lowest BCUT2D eigenvalue weighted by Gasteiger charge is -2.31. The van der Waals surface area contributed by atoms with E-state index in [4.69, 9.17) is 56.8 Å². The summed E-state index contributed by atoms with van der Waals surface area (Å²) in [6, 6.07) is 0. The van der Waals surface area contributed by atoms with Crippen molar-refractivity contribution in [1.29, 1.82) is 0 Å². The van der Waals surface area contributed by atoms with Gasteiger partial charge in [0.05, 0.1) is 166 Å². The number of rotatable bonds is 67. The fourth-order valence-corrected chi connectivity index (χ4v) is 12.9. The van der Waals surface area contributed by atoms with Crippen LogP contribution in [-0.2, 0) is 160 Å². The molecule has 15 atom stereocenters. The Kier molecular flexibility index (Phi) is 66.6. The van der Waals surface area contributed by atoms with Crippen molar-refractivity contribution in [2.75, 3.05) is 201 Å². The molecule has 0 rings (SSSR count). The fourth-order valence-electron chi connectivity index (χ4n) is 5.43. The van der Waals surface area contributed by atoms with Crippen LogP contribution in [0.3, 0.4) is 0 Å². The van der Waals surface area contributed by atoms with Crippen LogP contribution in [0, 0.1) is 0 Å². The summed E-state index contributed by atoms with van der Waals surface area (Å²) in [4.78, 5) is 152. The van der Waals surface area contributed by atoms with Gasteiger partial charge in [0.2, 0.25) is 0 Å². The Hall–Kier alpha value is 0.770. The predicted molar refractivity (Wildman–Crippen MR) is 332 cm³/mol. The van der Waals surface area contributed by atoms with Crippen molar-refractivity contribution in [3.05, 3.63) is 0 Å². The minimum atomic E-state index is -5.56. The van der Waals surface area contributed by atoms with Crippen LogP contribution < -0.4 is 75.5 Å². The van der Waals surface area contributed by atoms with Gasteiger partial charge in [0.25, 0.3) is 78.2 Å². The van der Waals surface area contributed by atoms with Gasteiger partial charge in [0.15, 0.2) is 0 Å². The Morgan fingerprint density at radius 1 is 0.276 bits per heavy atom. The average Bonchev–Trinajstić information content (AvgIpc) is 0.895. The smallest absolute Gasteiger partial charge is 0.470 e. The van der Waals surface area contributed by atoms with Crippen molar-refractivity contribution in [3.8, 4) is 0 Å². The highest BCUT2D eigenvalue weighted by atomic mass is 31.2. The van der Waals surface area contributed by atoms with Crippen LogP contribution in [0.15, 0.2) is 0 Å². The Bertz CT molecular complexity index is 2740. The van der Waals surface area contributed by atoms with Crippen LogP contribution in [0.1, 0.15) is 28.7 Å². The number of ether oxygens (including phenoxy) is 5. The van der Waals surface area contributed by atoms with Gasteiger partial charge in [-0.2, -0.15) is 0 Å². The number of hydrogen-bond acceptors (Lipinski definition) is 51. The number of nitrogens with one attached hydrogen (secondary N) is 5. The summed E-state index contributed by atoms with van der Waals surface area (Å²) < 4.78 is 240. The van der Waals surface area contributed by atoms with Crippen LogP contribution >= 0.6 is 86.0 Å². The highest BCUT2D eigenvalue weighted by Gasteiger charge is 2.29. The van der Waals surface area contributed by atoms with E-state index in [9.17, 15) is 104 Å². The maximum atomic E-state index is 12.7. The molecule has 0 saturated carbocycles. The molecule has 0 heterocycles. The highest BCUT2D eigenvalue weighted by Crippen LogP contribution is 2.48. The first-order valence-corrected chi connectivity index (χ1v) is 44.5. The molecule has 0 aromatic carbocycles. The van der Waals surface area contributed by atoms with E-state index in [1.165, 1.54) is 49.1 Å². The molecule has 0 amide bonds. The molecule has 0 spiro atoms. The third-order valence-corrected chi connectivity index (χ3v) is 18.8. The standard InChI is InChI=1S/C33H82N5O42P9.2C2H7O4P.2CH4/c1-34-24-59-15-29(14-39)77-86(51,52)68-10-6-65-83(45,46)73-21-31(17-61-26-36-3)79-88(55,56)70-12-8-67-85(49,50)75-23-33(19-63-28-38-5)80-89(57,58)71-13-9-66-84(47,48)74-22-32(18-62-27-37-4)78-87(53,54)69-11-7-64-82(43,44)72-20-30(16-60-25-35-2)76-81(40,41)42;2*1-2-6-7(3,4)5;;/h29-39H,6-28H2,1-5H3,(H,43,44)(H,45,46)(H,47,48)(H,49,50)(H,51,52)(H,53,54)(H,55,56)(H,57,58)(H2,40,41,42);2*2H2,1H3,(H2,3,4,5);2*1H4/p-10. The molecule has 0 aliphatic rings. The van der Waals surface area contributed by atoms with Crippen LogP contribution in [-0.4, -0.2) is 256 Å². The van der Waals surface area contributed by atoms with Gasteiger partial charge >= 0.3 is 7.82 Å². The van der Waals surface area contributed by atoms with Crippen molar-refractivity contribution in [3.63, 3.8) is 0 Å². The minimum absolute atomic E-state index is 0. The largest absolute Gasteiger partial charge is 0.756 e. The van der Waals surface area contributed by atoms with Gasteiger partial charge in [-0.05, 0) is 49.1 Å². The number of hydrogen-bond donors (Lipinski definition) is 10. The van der Waals surface area contributed by atoms with Gasteiger partial charge in [-0.1, -0.05) is 14.9 Å². The summed E-state index contributed by atoms with van der Waals surface area (Å²) >= 11 is 0. The molecule has 0 fully saturated rings. The second-order valence-electron chi connectivity index (χ2n) is 17.9. The van der Waals surface area contributed by atoms with Gasteiger partial charge < -0.3 is 179 Å². The summed E-state index contributed by atoms with van der Waals surface area (Å²) in [5, 5.41) is 22.0. The molecule has 0 radical (unpaired) electrons. The topological polar surface area (TPSA) is 801 Å². The molecule has 0 saturated heterocycles. The average molecular weight is 1770 g/mol. The Morgan fingerprint density at radius 3 is 0.619 bits per heavy atom. The Morgan fingerprint density at radius 2 is 0.457 bits per heavy atom. The zero-order valence-electron chi connectivity index (χ0n) is 55.6. The summed E-state index contributed by atoms with van der Waals surface area (Å²) in [6.45, 7) is -14.9. The van der Waals surface area contributed by atoms with Gasteiger partial charge in [0.1, 0.15) is 30.5 Å². The van der Waals surface area contributed by atoms with E-state index in [1.54, 1.807) is 0 Å². The molecule has 105 heavy (non-hydrogen) atoms. The van der Waals surface area contributed by atoms with Crippen LogP contribution in [0.4, 0.5) is 0 Å². The van der Waals surface area contributed by atoms with E-state index in [0.29, 0.717) is 0 Å². The first-order valence-electron chi connectivity index (χ1n) is 28.3. The predicted octanol–water partition coefficient (Wildman–Crippen LogP) is -6.85. The molecule has 0 aliphatic heterocycles. The monoisotopic (exact) mass is 1770 g/mol. The van der Waals surface area contributed by atoms with Gasteiger partial charge in [-0.15, -0.1) is 0 Å². The third-order valence-electron chi connectivity index (χ3n) is 8.94. The summed E-state index contributed by atoms with van der Waals surface area (Å²) in [6.07, 6.45) is -8.48. The summed E-state index contributed by atoms with van der Waals surface area (Å²) in [5.41, 5.74) is 0. The van der Waals surface area contributed by atoms with E-state index in [0.717, 1.165) is 0 Å². The molecule has 0 aliphatic carbocycles. The lowest BCUT2D eigenvalue weighted by molar-refractivity contribution is -0.245. The van der Waals surface area contributed by atoms with E-state index in [-0.39, 0.29) is 68.3 Å². The molecule has 0 aromatic rings. The van der Waals surface area contributed by atoms with E-state index in [1.807, 2.05) is 0 Å². The summed E-state index contributed by atoms with van der Waals surface area (Å²) in [5.74, 6) is 0. The van der Waals surface area contributed by atoms with Gasteiger partial charge in [-0.3, -0.25) is 76.8 Å². The second-order valence-corrected chi connectivity index (χ2v) is 32.5. The van der Waals surface area contributed by atoms with Crippen molar-refractivity contribution >= 4 is 86.0 Å². The van der Waals surface area contributed by atoms with Crippen molar-refractivity contribution in [1.82, 2.24) is 26.6 Å². The maximum Gasteiger partial charge on any atom is 0.470 e. The maximum absolute atomic E-state index is 12.7. The van der Waals surface area contributed by atoms with E-state index in [2.05, 4.69) is 99.0 Å². The molecule has 10 N–H and O–H groups in total. The number of aliphatic hydroxyl groups excluding tert-OH is 1. The first-order chi connectivity index (χ1) is 47.5. The zero-order valence-corrected chi connectivity index (χ0v) is 65.4. The highest BCUT2D eigenvalue weighted by molar-refractivity contribution is 7.48. The van der Waals surface area contributed by atoms with Gasteiger partial charge in [-0.25, -0.2) is 4.57 Å². The molecule has 0 bridgehead atoms. The van der Waals surface area contributed by atoms with Crippen LogP contribution in [0.25, 0.3) is 0 Å². The minimum Gasteiger partial charge on any atom is -0.756 e.